The maximum Gasteiger partial charge on any atom is 0.287 e. The number of hydrogen-bond acceptors (Lipinski definition) is 2. The van der Waals surface area contributed by atoms with Crippen LogP contribution >= 0.6 is 0 Å². The summed E-state index contributed by atoms with van der Waals surface area (Å²) in [7, 11) is 0. The van der Waals surface area contributed by atoms with E-state index in [0.717, 1.165) is 6.20 Å². The first-order valence-corrected chi connectivity index (χ1v) is 2.20. The average molecular weight is 129 g/mol. The van der Waals surface area contributed by atoms with Crippen LogP contribution in [0.5, 0.6) is 0 Å². The fourth-order valence-corrected chi connectivity index (χ4v) is 0.422. The topological polar surface area (TPSA) is 71.8 Å². The third kappa shape index (κ3) is 1.04. The number of imidazole rings is 1. The molecule has 1 heterocycles. The van der Waals surface area contributed by atoms with Crippen molar-refractivity contribution >= 4 is 5.91 Å². The Bertz CT molecular complexity index is 231. The van der Waals surface area contributed by atoms with Gasteiger partial charge in [-0.05, 0) is 0 Å². The minimum Gasteiger partial charge on any atom is -0.364 e. The zero-order valence-electron chi connectivity index (χ0n) is 4.39. The highest BCUT2D eigenvalue weighted by molar-refractivity contribution is 5.90. The van der Waals surface area contributed by atoms with Crippen molar-refractivity contribution in [2.75, 3.05) is 0 Å². The van der Waals surface area contributed by atoms with Crippen LogP contribution in [-0.2, 0) is 0 Å². The Morgan fingerprint density at radius 3 is 2.78 bits per heavy atom. The Balaban J connectivity index is 2.98. The minimum absolute atomic E-state index is 0.0208. The molecule has 1 rings (SSSR count). The van der Waals surface area contributed by atoms with Crippen molar-refractivity contribution in [2.45, 2.75) is 0 Å². The summed E-state index contributed by atoms with van der Waals surface area (Å²) in [5, 5.41) is 0. The van der Waals surface area contributed by atoms with Crippen molar-refractivity contribution in [3.63, 3.8) is 0 Å². The first-order chi connectivity index (χ1) is 4.20. The van der Waals surface area contributed by atoms with Crippen molar-refractivity contribution in [3.05, 3.63) is 18.0 Å². The standard InChI is InChI=1S/C4H4FN3O/c5-4-7-1-2(8-4)3(6)9/h1H,(H2,6,9)(H,7,8). The second-order valence-corrected chi connectivity index (χ2v) is 1.45. The normalized spacial score (nSPS) is 9.44. The highest BCUT2D eigenvalue weighted by Crippen LogP contribution is 1.91. The Labute approximate surface area is 49.9 Å². The van der Waals surface area contributed by atoms with Crippen molar-refractivity contribution in [2.24, 2.45) is 5.73 Å². The zero-order chi connectivity index (χ0) is 6.85. The molecule has 0 aliphatic rings. The molecule has 4 nitrogen and oxygen atoms in total. The van der Waals surface area contributed by atoms with Crippen LogP contribution in [0.2, 0.25) is 0 Å². The number of hydrogen-bond donors (Lipinski definition) is 2. The van der Waals surface area contributed by atoms with Gasteiger partial charge in [0.2, 0.25) is 0 Å². The average Bonchev–Trinajstić information content (AvgIpc) is 2.14. The maximum atomic E-state index is 11.9. The van der Waals surface area contributed by atoms with E-state index in [1.807, 2.05) is 4.98 Å². The van der Waals surface area contributed by atoms with Crippen LogP contribution in [0.15, 0.2) is 6.20 Å². The van der Waals surface area contributed by atoms with E-state index >= 15 is 0 Å². The molecule has 3 N–H and O–H groups in total. The van der Waals surface area contributed by atoms with Gasteiger partial charge in [0.15, 0.2) is 0 Å². The molecule has 0 aromatic carbocycles. The summed E-state index contributed by atoms with van der Waals surface area (Å²) in [6, 6.07) is 0. The van der Waals surface area contributed by atoms with Gasteiger partial charge in [0.25, 0.3) is 12.0 Å². The predicted molar refractivity (Wildman–Crippen MR) is 27.1 cm³/mol. The first kappa shape index (κ1) is 5.74. The van der Waals surface area contributed by atoms with Crippen LogP contribution in [-0.4, -0.2) is 15.9 Å². The molecule has 0 aliphatic heterocycles. The number of carbonyl (C=O) groups excluding carboxylic acids is 1. The zero-order valence-corrected chi connectivity index (χ0v) is 4.39. The Hall–Kier alpha value is -1.39. The number of nitrogens with zero attached hydrogens (tertiary/aromatic N) is 1. The number of H-pyrrole nitrogens is 1. The van der Waals surface area contributed by atoms with Gasteiger partial charge in [-0.25, -0.2) is 4.98 Å². The lowest BCUT2D eigenvalue weighted by Crippen LogP contribution is -2.11. The molecule has 1 aromatic rings. The summed E-state index contributed by atoms with van der Waals surface area (Å²) < 4.78 is 11.9. The highest BCUT2D eigenvalue weighted by Gasteiger charge is 2.02. The van der Waals surface area contributed by atoms with Crippen LogP contribution in [0, 0.1) is 6.08 Å². The predicted octanol–water partition coefficient (Wildman–Crippen LogP) is -0.352. The van der Waals surface area contributed by atoms with Gasteiger partial charge in [-0.1, -0.05) is 0 Å². The molecule has 0 saturated heterocycles. The van der Waals surface area contributed by atoms with E-state index < -0.39 is 12.0 Å². The van der Waals surface area contributed by atoms with E-state index in [-0.39, 0.29) is 5.69 Å². The number of primary amides is 1. The number of aromatic nitrogens is 2. The van der Waals surface area contributed by atoms with Gasteiger partial charge in [0.05, 0.1) is 6.20 Å². The van der Waals surface area contributed by atoms with E-state index in [4.69, 9.17) is 5.73 Å². The van der Waals surface area contributed by atoms with Gasteiger partial charge in [-0.2, -0.15) is 4.39 Å². The van der Waals surface area contributed by atoms with Crippen LogP contribution < -0.4 is 5.73 Å². The second-order valence-electron chi connectivity index (χ2n) is 1.45. The van der Waals surface area contributed by atoms with Gasteiger partial charge in [-0.15, -0.1) is 0 Å². The summed E-state index contributed by atoms with van der Waals surface area (Å²) in [6.07, 6.45) is 0.237. The van der Waals surface area contributed by atoms with Crippen molar-refractivity contribution in [1.82, 2.24) is 9.97 Å². The van der Waals surface area contributed by atoms with Gasteiger partial charge in [0.1, 0.15) is 5.69 Å². The molecule has 0 unspecified atom stereocenters. The molecule has 1 amide bonds. The summed E-state index contributed by atoms with van der Waals surface area (Å²) in [6.45, 7) is 0. The molecule has 0 bridgehead atoms. The molecule has 5 heteroatoms. The monoisotopic (exact) mass is 129 g/mol. The van der Waals surface area contributed by atoms with Crippen molar-refractivity contribution in [1.29, 1.82) is 0 Å². The number of halogens is 1. The number of aromatic amines is 1. The highest BCUT2D eigenvalue weighted by atomic mass is 19.1. The Morgan fingerprint density at radius 1 is 1.89 bits per heavy atom. The first-order valence-electron chi connectivity index (χ1n) is 2.20. The SMILES string of the molecule is NC(=O)c1cnc(F)[nH]1. The molecule has 0 fully saturated rings. The largest absolute Gasteiger partial charge is 0.364 e. The van der Waals surface area contributed by atoms with E-state index in [0.29, 0.717) is 0 Å². The lowest BCUT2D eigenvalue weighted by atomic mass is 10.5. The maximum absolute atomic E-state index is 11.9. The fourth-order valence-electron chi connectivity index (χ4n) is 0.422. The molecule has 1 aromatic heterocycles. The number of carbonyl (C=O) groups is 1. The smallest absolute Gasteiger partial charge is 0.287 e. The second kappa shape index (κ2) is 1.85. The molecule has 0 aliphatic carbocycles. The van der Waals surface area contributed by atoms with Gasteiger partial charge >= 0.3 is 0 Å². The van der Waals surface area contributed by atoms with E-state index in [9.17, 15) is 9.18 Å². The summed E-state index contributed by atoms with van der Waals surface area (Å²) >= 11 is 0. The van der Waals surface area contributed by atoms with Gasteiger partial charge in [0, 0.05) is 0 Å². The molecule has 48 valence electrons. The number of nitrogens with one attached hydrogen (secondary N) is 1. The van der Waals surface area contributed by atoms with E-state index in [2.05, 4.69) is 4.98 Å². The molecule has 0 radical (unpaired) electrons. The molecular formula is C4H4FN3O. The summed E-state index contributed by atoms with van der Waals surface area (Å²) in [5.74, 6) is -0.716. The van der Waals surface area contributed by atoms with Crippen LogP contribution in [0.1, 0.15) is 10.5 Å². The van der Waals surface area contributed by atoms with Crippen LogP contribution in [0.4, 0.5) is 4.39 Å². The third-order valence-electron chi connectivity index (χ3n) is 0.810. The molecule has 0 atom stereocenters. The lowest BCUT2D eigenvalue weighted by Gasteiger charge is -1.81. The van der Waals surface area contributed by atoms with Gasteiger partial charge < -0.3 is 10.7 Å². The Morgan fingerprint density at radius 2 is 2.56 bits per heavy atom. The number of amides is 1. The van der Waals surface area contributed by atoms with E-state index in [1.165, 1.54) is 0 Å². The molecule has 0 spiro atoms. The number of nitrogens with two attached hydrogens (primary N) is 1. The van der Waals surface area contributed by atoms with Gasteiger partial charge in [-0.3, -0.25) is 4.79 Å². The van der Waals surface area contributed by atoms with Crippen molar-refractivity contribution < 1.29 is 9.18 Å². The quantitative estimate of drug-likeness (QED) is 0.543. The minimum atomic E-state index is -0.802. The molecular weight excluding hydrogens is 125 g/mol. The molecule has 9 heavy (non-hydrogen) atoms. The molecule has 0 saturated carbocycles. The lowest BCUT2D eigenvalue weighted by molar-refractivity contribution is 0.0995. The summed E-state index contributed by atoms with van der Waals surface area (Å²) in [5.41, 5.74) is 4.73. The number of rotatable bonds is 1. The fraction of sp³-hybridized carbons (Fsp3) is 0. The van der Waals surface area contributed by atoms with Crippen LogP contribution in [0.3, 0.4) is 0 Å². The third-order valence-corrected chi connectivity index (χ3v) is 0.810. The summed E-state index contributed by atoms with van der Waals surface area (Å²) in [4.78, 5) is 15.3. The van der Waals surface area contributed by atoms with Crippen LogP contribution in [0.25, 0.3) is 0 Å². The van der Waals surface area contributed by atoms with Crippen molar-refractivity contribution in [3.8, 4) is 0 Å². The van der Waals surface area contributed by atoms with E-state index in [1.54, 1.807) is 0 Å². The Kier molecular flexibility index (Phi) is 1.18.